The summed E-state index contributed by atoms with van der Waals surface area (Å²) < 4.78 is 5.17. The van der Waals surface area contributed by atoms with Crippen LogP contribution in [0.2, 0.25) is 0 Å². The van der Waals surface area contributed by atoms with E-state index in [-0.39, 0.29) is 24.3 Å². The lowest BCUT2D eigenvalue weighted by atomic mass is 9.94. The van der Waals surface area contributed by atoms with Gasteiger partial charge in [0.15, 0.2) is 0 Å². The number of ether oxygens (including phenoxy) is 1. The van der Waals surface area contributed by atoms with E-state index >= 15 is 0 Å². The molecule has 140 valence electrons. The van der Waals surface area contributed by atoms with E-state index in [0.29, 0.717) is 13.1 Å². The lowest BCUT2D eigenvalue weighted by Gasteiger charge is -2.37. The molecular formula is C18H24N4O4. The van der Waals surface area contributed by atoms with Crippen molar-refractivity contribution in [2.24, 2.45) is 5.92 Å². The maximum absolute atomic E-state index is 12.6. The van der Waals surface area contributed by atoms with Crippen LogP contribution in [0.15, 0.2) is 24.3 Å². The molecule has 26 heavy (non-hydrogen) atoms. The van der Waals surface area contributed by atoms with Crippen LogP contribution < -0.4 is 20.3 Å². The van der Waals surface area contributed by atoms with Gasteiger partial charge in [-0.1, -0.05) is 0 Å². The molecule has 1 aromatic carbocycles. The summed E-state index contributed by atoms with van der Waals surface area (Å²) in [4.78, 5) is 39.8. The van der Waals surface area contributed by atoms with Crippen LogP contribution in [-0.4, -0.2) is 62.1 Å². The van der Waals surface area contributed by atoms with E-state index in [1.54, 1.807) is 18.9 Å². The number of methoxy groups -OCH3 is 1. The van der Waals surface area contributed by atoms with E-state index in [4.69, 9.17) is 4.74 Å². The molecule has 0 aromatic heterocycles. The SMILES string of the molecule is COc1ccc(N2CCN(C(=O)CC3C(=O)NC(=O)NC3C)CC2)cc1. The molecule has 2 unspecified atom stereocenters. The molecule has 2 aliphatic rings. The molecule has 2 saturated heterocycles. The van der Waals surface area contributed by atoms with E-state index in [1.807, 2.05) is 24.3 Å². The Bertz CT molecular complexity index is 683. The van der Waals surface area contributed by atoms with Crippen LogP contribution in [0.25, 0.3) is 0 Å². The van der Waals surface area contributed by atoms with Crippen molar-refractivity contribution in [3.8, 4) is 5.75 Å². The summed E-state index contributed by atoms with van der Waals surface area (Å²) >= 11 is 0. The first-order valence-corrected chi connectivity index (χ1v) is 8.76. The topological polar surface area (TPSA) is 91.0 Å². The zero-order valence-electron chi connectivity index (χ0n) is 15.0. The van der Waals surface area contributed by atoms with Crippen LogP contribution in [-0.2, 0) is 9.59 Å². The Hall–Kier alpha value is -2.77. The summed E-state index contributed by atoms with van der Waals surface area (Å²) in [6, 6.07) is 7.01. The van der Waals surface area contributed by atoms with E-state index in [0.717, 1.165) is 24.5 Å². The number of nitrogens with one attached hydrogen (secondary N) is 2. The number of nitrogens with zero attached hydrogens (tertiary/aromatic N) is 2. The molecule has 0 radical (unpaired) electrons. The largest absolute Gasteiger partial charge is 0.497 e. The number of carbonyl (C=O) groups is 3. The highest BCUT2D eigenvalue weighted by atomic mass is 16.5. The van der Waals surface area contributed by atoms with Gasteiger partial charge in [-0.25, -0.2) is 4.79 Å². The fraction of sp³-hybridized carbons (Fsp3) is 0.500. The average Bonchev–Trinajstić information content (AvgIpc) is 2.64. The molecule has 2 aliphatic heterocycles. The first-order valence-electron chi connectivity index (χ1n) is 8.76. The van der Waals surface area contributed by atoms with Gasteiger partial charge >= 0.3 is 6.03 Å². The second-order valence-electron chi connectivity index (χ2n) is 6.63. The second-order valence-corrected chi connectivity index (χ2v) is 6.63. The van der Waals surface area contributed by atoms with Crippen LogP contribution in [0.3, 0.4) is 0 Å². The van der Waals surface area contributed by atoms with Gasteiger partial charge in [0.1, 0.15) is 5.75 Å². The van der Waals surface area contributed by atoms with E-state index in [1.165, 1.54) is 0 Å². The number of imide groups is 1. The minimum atomic E-state index is -0.528. The van der Waals surface area contributed by atoms with Crippen molar-refractivity contribution in [1.82, 2.24) is 15.5 Å². The highest BCUT2D eigenvalue weighted by Gasteiger charge is 2.35. The molecule has 3 rings (SSSR count). The highest BCUT2D eigenvalue weighted by molar-refractivity contribution is 6.00. The van der Waals surface area contributed by atoms with Crippen molar-refractivity contribution in [3.63, 3.8) is 0 Å². The van der Waals surface area contributed by atoms with Crippen molar-refractivity contribution in [2.45, 2.75) is 19.4 Å². The first kappa shape index (κ1) is 18.0. The Labute approximate surface area is 152 Å². The van der Waals surface area contributed by atoms with Crippen LogP contribution >= 0.6 is 0 Å². The highest BCUT2D eigenvalue weighted by Crippen LogP contribution is 2.21. The fourth-order valence-corrected chi connectivity index (χ4v) is 3.37. The zero-order valence-corrected chi connectivity index (χ0v) is 15.0. The quantitative estimate of drug-likeness (QED) is 0.820. The predicted octanol–water partition coefficient (Wildman–Crippen LogP) is 0.578. The summed E-state index contributed by atoms with van der Waals surface area (Å²) in [6.45, 7) is 4.44. The number of anilines is 1. The van der Waals surface area contributed by atoms with Crippen LogP contribution in [0, 0.1) is 5.92 Å². The van der Waals surface area contributed by atoms with Gasteiger partial charge in [0.25, 0.3) is 0 Å². The van der Waals surface area contributed by atoms with Crippen LogP contribution in [0.4, 0.5) is 10.5 Å². The third kappa shape index (κ3) is 3.89. The lowest BCUT2D eigenvalue weighted by molar-refractivity contribution is -0.137. The second kappa shape index (κ2) is 7.63. The Morgan fingerprint density at radius 3 is 2.38 bits per heavy atom. The zero-order chi connectivity index (χ0) is 18.7. The summed E-state index contributed by atoms with van der Waals surface area (Å²) in [6.07, 6.45) is 0.107. The van der Waals surface area contributed by atoms with Crippen molar-refractivity contribution < 1.29 is 19.1 Å². The number of benzene rings is 1. The van der Waals surface area contributed by atoms with Crippen LogP contribution in [0.1, 0.15) is 13.3 Å². The van der Waals surface area contributed by atoms with Gasteiger partial charge in [-0.15, -0.1) is 0 Å². The van der Waals surface area contributed by atoms with Gasteiger partial charge in [-0.3, -0.25) is 14.9 Å². The molecular weight excluding hydrogens is 336 g/mol. The molecule has 4 amide bonds. The summed E-state index contributed by atoms with van der Waals surface area (Å²) in [5, 5.41) is 4.87. The number of carbonyl (C=O) groups excluding carboxylic acids is 3. The standard InChI is InChI=1S/C18H24N4O4/c1-12-15(17(24)20-18(25)19-12)11-16(23)22-9-7-21(8-10-22)13-3-5-14(26-2)6-4-13/h3-6,12,15H,7-11H2,1-2H3,(H2,19,20,24,25). The molecule has 8 heteroatoms. The molecule has 0 spiro atoms. The third-order valence-corrected chi connectivity index (χ3v) is 5.00. The molecule has 2 atom stereocenters. The molecule has 1 aromatic rings. The molecule has 8 nitrogen and oxygen atoms in total. The number of hydrogen-bond acceptors (Lipinski definition) is 5. The van der Waals surface area contributed by atoms with E-state index in [9.17, 15) is 14.4 Å². The maximum atomic E-state index is 12.6. The summed E-state index contributed by atoms with van der Waals surface area (Å²) in [5.74, 6) is -0.150. The lowest BCUT2D eigenvalue weighted by Crippen LogP contribution is -2.58. The molecule has 2 fully saturated rings. The summed E-state index contributed by atoms with van der Waals surface area (Å²) in [5.41, 5.74) is 1.10. The number of rotatable bonds is 4. The third-order valence-electron chi connectivity index (χ3n) is 5.00. The van der Waals surface area contributed by atoms with Gasteiger partial charge in [0, 0.05) is 44.3 Å². The van der Waals surface area contributed by atoms with E-state index in [2.05, 4.69) is 15.5 Å². The van der Waals surface area contributed by atoms with Gasteiger partial charge in [0.05, 0.1) is 13.0 Å². The Kier molecular flexibility index (Phi) is 5.29. The molecule has 2 N–H and O–H groups in total. The van der Waals surface area contributed by atoms with Crippen molar-refractivity contribution >= 4 is 23.5 Å². The summed E-state index contributed by atoms with van der Waals surface area (Å²) in [7, 11) is 1.64. The van der Waals surface area contributed by atoms with Crippen LogP contribution in [0.5, 0.6) is 5.75 Å². The fourth-order valence-electron chi connectivity index (χ4n) is 3.37. The molecule has 0 saturated carbocycles. The first-order chi connectivity index (χ1) is 12.5. The average molecular weight is 360 g/mol. The minimum Gasteiger partial charge on any atom is -0.497 e. The molecule has 0 aliphatic carbocycles. The Morgan fingerprint density at radius 1 is 1.15 bits per heavy atom. The van der Waals surface area contributed by atoms with Gasteiger partial charge in [-0.2, -0.15) is 0 Å². The number of piperazine rings is 1. The van der Waals surface area contributed by atoms with Crippen molar-refractivity contribution in [1.29, 1.82) is 0 Å². The Balaban J connectivity index is 1.53. The monoisotopic (exact) mass is 360 g/mol. The minimum absolute atomic E-state index is 0.0532. The number of amides is 4. The van der Waals surface area contributed by atoms with Crippen molar-refractivity contribution in [2.75, 3.05) is 38.2 Å². The molecule has 0 bridgehead atoms. The van der Waals surface area contributed by atoms with Gasteiger partial charge in [0.2, 0.25) is 11.8 Å². The smallest absolute Gasteiger partial charge is 0.321 e. The maximum Gasteiger partial charge on any atom is 0.321 e. The Morgan fingerprint density at radius 2 is 1.81 bits per heavy atom. The molecule has 2 heterocycles. The predicted molar refractivity (Wildman–Crippen MR) is 96.0 cm³/mol. The number of hydrogen-bond donors (Lipinski definition) is 2. The number of urea groups is 1. The van der Waals surface area contributed by atoms with Gasteiger partial charge < -0.3 is 19.9 Å². The van der Waals surface area contributed by atoms with Gasteiger partial charge in [-0.05, 0) is 31.2 Å². The van der Waals surface area contributed by atoms with Crippen molar-refractivity contribution in [3.05, 3.63) is 24.3 Å². The van der Waals surface area contributed by atoms with E-state index < -0.39 is 11.9 Å². The normalized spacial score (nSPS) is 23.3.